The molecule has 1 rings (SSSR count). The van der Waals surface area contributed by atoms with Gasteiger partial charge in [0.05, 0.1) is 14.7 Å². The number of nitrogens with one attached hydrogen (secondary N) is 1. The molecular weight excluding hydrogens is 90.1 g/mol. The maximum Gasteiger partial charge on any atom is 0.0971 e. The first kappa shape index (κ1) is 3.64. The molecule has 0 saturated carbocycles. The summed E-state index contributed by atoms with van der Waals surface area (Å²) in [6.07, 6.45) is 3.86. The van der Waals surface area contributed by atoms with Crippen LogP contribution in [-0.2, 0) is 4.74 Å². The van der Waals surface area contributed by atoms with Crippen LogP contribution in [-0.4, -0.2) is 19.9 Å². The predicted molar refractivity (Wildman–Crippen MR) is 28.0 cm³/mol. The third-order valence-corrected chi connectivity index (χ3v) is 0.761. The minimum Gasteiger partial charge on any atom is -0.362 e. The number of hydrogen-bond donors (Lipinski definition) is 1. The molecule has 0 radical (unpaired) electrons. The summed E-state index contributed by atoms with van der Waals surface area (Å²) in [5.74, 6) is 0. The van der Waals surface area contributed by atoms with Crippen LogP contribution in [0.25, 0.3) is 0 Å². The van der Waals surface area contributed by atoms with E-state index in [-0.39, 0.29) is 0 Å². The molecule has 0 aromatic carbocycles. The van der Waals surface area contributed by atoms with Crippen molar-refractivity contribution in [3.63, 3.8) is 0 Å². The summed E-state index contributed by atoms with van der Waals surface area (Å²) in [4.78, 5) is 0. The fraction of sp³-hybridized carbons (Fsp3) is 0.600. The van der Waals surface area contributed by atoms with Gasteiger partial charge in [-0.25, -0.2) is 0 Å². The van der Waals surface area contributed by atoms with E-state index >= 15 is 0 Å². The third kappa shape index (κ3) is 1.71. The molecule has 0 saturated heterocycles. The van der Waals surface area contributed by atoms with E-state index < -0.39 is 6.71 Å². The Labute approximate surface area is 44.6 Å². The first-order valence-corrected chi connectivity index (χ1v) is 2.32. The molecule has 7 heavy (non-hydrogen) atoms. The zero-order valence-electron chi connectivity index (χ0n) is 5.05. The first-order chi connectivity index (χ1) is 3.89. The van der Waals surface area contributed by atoms with Gasteiger partial charge in [-0.3, -0.25) is 5.32 Å². The van der Waals surface area contributed by atoms with Crippen LogP contribution >= 0.6 is 0 Å². The molecule has 0 fully saturated rings. The zero-order chi connectivity index (χ0) is 5.82. The maximum absolute atomic E-state index is 7.04. The summed E-state index contributed by atoms with van der Waals surface area (Å²) in [6.45, 7) is 0.764. The second-order valence-corrected chi connectivity index (χ2v) is 1.33. The van der Waals surface area contributed by atoms with Gasteiger partial charge in [0, 0.05) is 6.54 Å². The summed E-state index contributed by atoms with van der Waals surface area (Å²) in [5.41, 5.74) is 0. The van der Waals surface area contributed by atoms with E-state index in [0.29, 0.717) is 6.61 Å². The second-order valence-electron chi connectivity index (χ2n) is 1.33. The van der Waals surface area contributed by atoms with E-state index in [1.807, 2.05) is 12.2 Å². The van der Waals surface area contributed by atoms with Crippen molar-refractivity contribution in [2.24, 2.45) is 0 Å². The molecule has 0 bridgehead atoms. The molecule has 1 aliphatic rings. The average molecular weight is 100 g/mol. The van der Waals surface area contributed by atoms with Crippen LogP contribution in [0.5, 0.6) is 0 Å². The first-order valence-electron chi connectivity index (χ1n) is 2.89. The Morgan fingerprint density at radius 3 is 3.71 bits per heavy atom. The maximum atomic E-state index is 7.04. The van der Waals surface area contributed by atoms with Crippen LogP contribution in [0, 0.1) is 0 Å². The molecule has 1 unspecified atom stereocenters. The van der Waals surface area contributed by atoms with Gasteiger partial charge in [-0.2, -0.15) is 0 Å². The standard InChI is InChI=1S/C5H9NO/c1-2-4-7-5-6-3-1/h1-2,6H,3-5H2/i5D. The van der Waals surface area contributed by atoms with E-state index in [2.05, 4.69) is 5.32 Å². The van der Waals surface area contributed by atoms with Crippen LogP contribution in [0.2, 0.25) is 0 Å². The highest BCUT2D eigenvalue weighted by molar-refractivity contribution is 4.84. The van der Waals surface area contributed by atoms with Crippen LogP contribution in [0.1, 0.15) is 1.37 Å². The molecule has 40 valence electrons. The Morgan fingerprint density at radius 1 is 1.71 bits per heavy atom. The molecule has 1 atom stereocenters. The molecule has 0 aromatic rings. The summed E-state index contributed by atoms with van der Waals surface area (Å²) in [6, 6.07) is 0. The molecule has 0 spiro atoms. The van der Waals surface area contributed by atoms with Gasteiger partial charge in [-0.1, -0.05) is 12.2 Å². The lowest BCUT2D eigenvalue weighted by atomic mass is 10.5. The minimum atomic E-state index is -0.537. The van der Waals surface area contributed by atoms with Gasteiger partial charge in [-0.05, 0) is 0 Å². The normalized spacial score (nSPS) is 34.3. The van der Waals surface area contributed by atoms with Crippen molar-refractivity contribution in [2.45, 2.75) is 0 Å². The van der Waals surface area contributed by atoms with Gasteiger partial charge >= 0.3 is 0 Å². The zero-order valence-corrected chi connectivity index (χ0v) is 4.05. The highest BCUT2D eigenvalue weighted by Crippen LogP contribution is 1.79. The van der Waals surface area contributed by atoms with E-state index in [4.69, 9.17) is 6.11 Å². The average Bonchev–Trinajstić information content (AvgIpc) is 1.94. The Morgan fingerprint density at radius 2 is 2.71 bits per heavy atom. The van der Waals surface area contributed by atoms with E-state index in [1.54, 1.807) is 0 Å². The Kier molecular flexibility index (Phi) is 1.44. The third-order valence-electron chi connectivity index (χ3n) is 0.761. The highest BCUT2D eigenvalue weighted by atomic mass is 16.5. The number of rotatable bonds is 0. The highest BCUT2D eigenvalue weighted by Gasteiger charge is 1.85. The summed E-state index contributed by atoms with van der Waals surface area (Å²) in [7, 11) is 0. The van der Waals surface area contributed by atoms with Crippen molar-refractivity contribution in [3.8, 4) is 0 Å². The SMILES string of the molecule is [2H]C1NCC=CCO1. The monoisotopic (exact) mass is 100 g/mol. The predicted octanol–water partition coefficient (Wildman–Crippen LogP) is 0.120. The Bertz CT molecular complexity index is 84.4. The summed E-state index contributed by atoms with van der Waals surface area (Å²) >= 11 is 0. The molecule has 0 amide bonds. The van der Waals surface area contributed by atoms with E-state index in [0.717, 1.165) is 6.54 Å². The van der Waals surface area contributed by atoms with Crippen LogP contribution in [0.15, 0.2) is 12.2 Å². The van der Waals surface area contributed by atoms with Gasteiger partial charge in [0.25, 0.3) is 0 Å². The van der Waals surface area contributed by atoms with Gasteiger partial charge in [0.1, 0.15) is 0 Å². The van der Waals surface area contributed by atoms with Crippen molar-refractivity contribution >= 4 is 0 Å². The van der Waals surface area contributed by atoms with Gasteiger partial charge in [0.2, 0.25) is 0 Å². The second kappa shape index (κ2) is 2.77. The lowest BCUT2D eigenvalue weighted by molar-refractivity contribution is 0.150. The van der Waals surface area contributed by atoms with E-state index in [1.165, 1.54) is 0 Å². The smallest absolute Gasteiger partial charge is 0.0971 e. The topological polar surface area (TPSA) is 21.3 Å². The van der Waals surface area contributed by atoms with Gasteiger partial charge < -0.3 is 4.74 Å². The summed E-state index contributed by atoms with van der Waals surface area (Å²) in [5, 5.41) is 2.80. The van der Waals surface area contributed by atoms with Crippen molar-refractivity contribution in [3.05, 3.63) is 12.2 Å². The van der Waals surface area contributed by atoms with Gasteiger partial charge in [0.15, 0.2) is 0 Å². The lowest BCUT2D eigenvalue weighted by Crippen LogP contribution is -2.14. The fourth-order valence-electron chi connectivity index (χ4n) is 0.430. The Hall–Kier alpha value is -0.340. The van der Waals surface area contributed by atoms with Crippen molar-refractivity contribution in [2.75, 3.05) is 19.9 Å². The van der Waals surface area contributed by atoms with Crippen LogP contribution in [0.4, 0.5) is 0 Å². The minimum absolute atomic E-state index is 0.537. The molecule has 0 aliphatic carbocycles. The van der Waals surface area contributed by atoms with Crippen molar-refractivity contribution in [1.82, 2.24) is 5.32 Å². The largest absolute Gasteiger partial charge is 0.362 e. The lowest BCUT2D eigenvalue weighted by Gasteiger charge is -1.94. The fourth-order valence-corrected chi connectivity index (χ4v) is 0.430. The number of ether oxygens (including phenoxy) is 1. The van der Waals surface area contributed by atoms with Crippen molar-refractivity contribution in [1.29, 1.82) is 0 Å². The van der Waals surface area contributed by atoms with Crippen LogP contribution in [0.3, 0.4) is 0 Å². The molecule has 0 aromatic heterocycles. The Balaban J connectivity index is 2.28. The van der Waals surface area contributed by atoms with Gasteiger partial charge in [-0.15, -0.1) is 0 Å². The number of hydrogen-bond acceptors (Lipinski definition) is 2. The van der Waals surface area contributed by atoms with Crippen LogP contribution < -0.4 is 5.32 Å². The van der Waals surface area contributed by atoms with E-state index in [9.17, 15) is 0 Å². The molecule has 1 N–H and O–H groups in total. The molecular formula is C5H9NO. The molecule has 1 aliphatic heterocycles. The molecule has 1 heterocycles. The summed E-state index contributed by atoms with van der Waals surface area (Å²) < 4.78 is 11.9. The molecule has 2 nitrogen and oxygen atoms in total. The van der Waals surface area contributed by atoms with Crippen molar-refractivity contribution < 1.29 is 6.11 Å². The quantitative estimate of drug-likeness (QED) is 0.436. The molecule has 2 heteroatoms.